The van der Waals surface area contributed by atoms with Gasteiger partial charge in [-0.3, -0.25) is 4.79 Å². The first-order chi connectivity index (χ1) is 11.6. The molecule has 1 unspecified atom stereocenters. The molecule has 0 saturated carbocycles. The number of halogens is 1. The highest BCUT2D eigenvalue weighted by molar-refractivity contribution is 5.89. The second-order valence-electron chi connectivity index (χ2n) is 5.88. The highest BCUT2D eigenvalue weighted by atomic mass is 19.1. The number of rotatable bonds is 7. The molecule has 0 radical (unpaired) electrons. The predicted molar refractivity (Wildman–Crippen MR) is 89.3 cm³/mol. The van der Waals surface area contributed by atoms with E-state index in [-0.39, 0.29) is 23.8 Å². The molecule has 1 heterocycles. The van der Waals surface area contributed by atoms with Crippen molar-refractivity contribution < 1.29 is 18.7 Å². The number of methoxy groups -OCH3 is 1. The van der Waals surface area contributed by atoms with Gasteiger partial charge in [0.25, 0.3) is 0 Å². The highest BCUT2D eigenvalue weighted by Crippen LogP contribution is 2.13. The Kier molecular flexibility index (Phi) is 6.99. The molecule has 3 amide bonds. The first-order valence-electron chi connectivity index (χ1n) is 8.18. The van der Waals surface area contributed by atoms with Crippen LogP contribution in [0.3, 0.4) is 0 Å². The third-order valence-electron chi connectivity index (χ3n) is 3.97. The minimum absolute atomic E-state index is 0.0617. The van der Waals surface area contributed by atoms with E-state index in [9.17, 15) is 14.0 Å². The van der Waals surface area contributed by atoms with Crippen LogP contribution < -0.4 is 10.6 Å². The van der Waals surface area contributed by atoms with Gasteiger partial charge in [0.1, 0.15) is 5.82 Å². The summed E-state index contributed by atoms with van der Waals surface area (Å²) in [6.07, 6.45) is 2.93. The Labute approximate surface area is 141 Å². The van der Waals surface area contributed by atoms with Gasteiger partial charge in [-0.25, -0.2) is 9.18 Å². The van der Waals surface area contributed by atoms with Gasteiger partial charge in [0.05, 0.1) is 0 Å². The minimum atomic E-state index is -0.351. The van der Waals surface area contributed by atoms with Crippen molar-refractivity contribution in [2.75, 3.05) is 32.1 Å². The van der Waals surface area contributed by atoms with E-state index in [0.29, 0.717) is 31.8 Å². The van der Waals surface area contributed by atoms with E-state index < -0.39 is 0 Å². The summed E-state index contributed by atoms with van der Waals surface area (Å²) in [6, 6.07) is 5.16. The summed E-state index contributed by atoms with van der Waals surface area (Å²) < 4.78 is 17.8. The summed E-state index contributed by atoms with van der Waals surface area (Å²) >= 11 is 0. The third-order valence-corrected chi connectivity index (χ3v) is 3.97. The maximum absolute atomic E-state index is 12.8. The van der Waals surface area contributed by atoms with E-state index in [2.05, 4.69) is 10.6 Å². The van der Waals surface area contributed by atoms with Crippen molar-refractivity contribution in [1.29, 1.82) is 0 Å². The Bertz CT molecular complexity index is 551. The number of nitrogens with zero attached hydrogens (tertiary/aromatic N) is 1. The molecule has 1 fully saturated rings. The number of likely N-dealkylation sites (tertiary alicyclic amines) is 1. The van der Waals surface area contributed by atoms with Crippen LogP contribution >= 0.6 is 0 Å². The van der Waals surface area contributed by atoms with Gasteiger partial charge in [0.2, 0.25) is 5.91 Å². The number of urea groups is 1. The molecule has 7 heteroatoms. The Morgan fingerprint density at radius 2 is 2.04 bits per heavy atom. The largest absolute Gasteiger partial charge is 0.385 e. The van der Waals surface area contributed by atoms with Gasteiger partial charge < -0.3 is 20.3 Å². The molecule has 1 aliphatic heterocycles. The minimum Gasteiger partial charge on any atom is -0.385 e. The lowest BCUT2D eigenvalue weighted by Crippen LogP contribution is -2.40. The van der Waals surface area contributed by atoms with E-state index >= 15 is 0 Å². The van der Waals surface area contributed by atoms with Crippen LogP contribution in [0.25, 0.3) is 0 Å². The van der Waals surface area contributed by atoms with Crippen molar-refractivity contribution in [1.82, 2.24) is 10.2 Å². The van der Waals surface area contributed by atoms with Gasteiger partial charge in [-0.1, -0.05) is 0 Å². The fourth-order valence-electron chi connectivity index (χ4n) is 2.67. The standard InChI is InChI=1S/C17H24FN3O3/c1-24-11-3-2-4-16(22)21-10-9-15(12-21)20-17(23)19-14-7-5-13(18)6-8-14/h5-8,15H,2-4,9-12H2,1H3,(H2,19,20,23). The van der Waals surface area contributed by atoms with Gasteiger partial charge in [-0.2, -0.15) is 0 Å². The lowest BCUT2D eigenvalue weighted by atomic mass is 10.2. The zero-order chi connectivity index (χ0) is 17.4. The lowest BCUT2D eigenvalue weighted by Gasteiger charge is -2.17. The van der Waals surface area contributed by atoms with Gasteiger partial charge in [0.15, 0.2) is 0 Å². The third kappa shape index (κ3) is 5.81. The number of unbranched alkanes of at least 4 members (excludes halogenated alkanes) is 1. The second-order valence-corrected chi connectivity index (χ2v) is 5.88. The van der Waals surface area contributed by atoms with Gasteiger partial charge in [-0.15, -0.1) is 0 Å². The van der Waals surface area contributed by atoms with Crippen LogP contribution in [0, 0.1) is 5.82 Å². The molecular formula is C17H24FN3O3. The molecule has 2 N–H and O–H groups in total. The lowest BCUT2D eigenvalue weighted by molar-refractivity contribution is -0.130. The number of nitrogens with one attached hydrogen (secondary N) is 2. The number of carbonyl (C=O) groups excluding carboxylic acids is 2. The van der Waals surface area contributed by atoms with Crippen LogP contribution in [-0.4, -0.2) is 49.7 Å². The summed E-state index contributed by atoms with van der Waals surface area (Å²) in [4.78, 5) is 25.8. The molecule has 1 aliphatic rings. The van der Waals surface area contributed by atoms with Crippen molar-refractivity contribution >= 4 is 17.6 Å². The number of ether oxygens (including phenoxy) is 1. The molecular weight excluding hydrogens is 313 g/mol. The molecule has 1 aromatic carbocycles. The Hall–Kier alpha value is -2.15. The van der Waals surface area contributed by atoms with Crippen molar-refractivity contribution in [2.24, 2.45) is 0 Å². The predicted octanol–water partition coefficient (Wildman–Crippen LogP) is 2.36. The SMILES string of the molecule is COCCCCC(=O)N1CCC(NC(=O)Nc2ccc(F)cc2)C1. The maximum atomic E-state index is 12.8. The number of hydrogen-bond acceptors (Lipinski definition) is 3. The van der Waals surface area contributed by atoms with Crippen molar-refractivity contribution in [3.8, 4) is 0 Å². The highest BCUT2D eigenvalue weighted by Gasteiger charge is 2.26. The zero-order valence-electron chi connectivity index (χ0n) is 13.9. The fourth-order valence-corrected chi connectivity index (χ4v) is 2.67. The average molecular weight is 337 g/mol. The molecule has 1 aromatic rings. The molecule has 1 saturated heterocycles. The number of carbonyl (C=O) groups is 2. The van der Waals surface area contributed by atoms with Crippen molar-refractivity contribution in [3.05, 3.63) is 30.1 Å². The van der Waals surface area contributed by atoms with E-state index in [4.69, 9.17) is 4.74 Å². The molecule has 24 heavy (non-hydrogen) atoms. The fraction of sp³-hybridized carbons (Fsp3) is 0.529. The van der Waals surface area contributed by atoms with Gasteiger partial charge in [0, 0.05) is 45.0 Å². The van der Waals surface area contributed by atoms with Crippen LogP contribution in [0.2, 0.25) is 0 Å². The maximum Gasteiger partial charge on any atom is 0.319 e. The molecule has 2 rings (SSSR count). The summed E-state index contributed by atoms with van der Waals surface area (Å²) in [5, 5.41) is 5.50. The number of hydrogen-bond donors (Lipinski definition) is 2. The van der Waals surface area contributed by atoms with Crippen LogP contribution in [0.1, 0.15) is 25.7 Å². The second kappa shape index (κ2) is 9.22. The van der Waals surface area contributed by atoms with E-state index in [1.807, 2.05) is 0 Å². The Morgan fingerprint density at radius 1 is 1.29 bits per heavy atom. The first-order valence-corrected chi connectivity index (χ1v) is 8.18. The Balaban J connectivity index is 1.70. The van der Waals surface area contributed by atoms with Gasteiger partial charge in [-0.05, 0) is 43.5 Å². The monoisotopic (exact) mass is 337 g/mol. The molecule has 0 aromatic heterocycles. The number of anilines is 1. The molecule has 1 atom stereocenters. The van der Waals surface area contributed by atoms with Gasteiger partial charge >= 0.3 is 6.03 Å². The van der Waals surface area contributed by atoms with Crippen LogP contribution in [-0.2, 0) is 9.53 Å². The molecule has 132 valence electrons. The molecule has 6 nitrogen and oxygen atoms in total. The summed E-state index contributed by atoms with van der Waals surface area (Å²) in [5.74, 6) is -0.231. The van der Waals surface area contributed by atoms with E-state index in [1.54, 1.807) is 12.0 Å². The van der Waals surface area contributed by atoms with Crippen LogP contribution in [0.15, 0.2) is 24.3 Å². The van der Waals surface area contributed by atoms with E-state index in [0.717, 1.165) is 19.3 Å². The first kappa shape index (κ1) is 18.2. The normalized spacial score (nSPS) is 16.9. The summed E-state index contributed by atoms with van der Waals surface area (Å²) in [6.45, 7) is 1.85. The van der Waals surface area contributed by atoms with Crippen molar-refractivity contribution in [3.63, 3.8) is 0 Å². The number of benzene rings is 1. The van der Waals surface area contributed by atoms with E-state index in [1.165, 1.54) is 24.3 Å². The van der Waals surface area contributed by atoms with Crippen LogP contribution in [0.4, 0.5) is 14.9 Å². The summed E-state index contributed by atoms with van der Waals surface area (Å²) in [7, 11) is 1.65. The molecule has 0 spiro atoms. The topological polar surface area (TPSA) is 70.7 Å². The zero-order valence-corrected chi connectivity index (χ0v) is 13.9. The quantitative estimate of drug-likeness (QED) is 0.751. The molecule has 0 aliphatic carbocycles. The summed E-state index contributed by atoms with van der Waals surface area (Å²) in [5.41, 5.74) is 0.526. The van der Waals surface area contributed by atoms with Crippen LogP contribution in [0.5, 0.6) is 0 Å². The number of amides is 3. The molecule has 0 bridgehead atoms. The van der Waals surface area contributed by atoms with Crippen molar-refractivity contribution in [2.45, 2.75) is 31.7 Å². The average Bonchev–Trinajstić information content (AvgIpc) is 3.02. The Morgan fingerprint density at radius 3 is 2.75 bits per heavy atom. The smallest absolute Gasteiger partial charge is 0.319 e.